The number of H-pyrrole nitrogens is 2. The van der Waals surface area contributed by atoms with E-state index in [0.717, 1.165) is 23.2 Å². The molecule has 1 heterocycles. The van der Waals surface area contributed by atoms with Crippen LogP contribution in [0.15, 0.2) is 23.0 Å². The molecule has 22 heavy (non-hydrogen) atoms. The van der Waals surface area contributed by atoms with Crippen molar-refractivity contribution in [3.8, 4) is 0 Å². The molecular weight excluding hydrogens is 282 g/mol. The van der Waals surface area contributed by atoms with Crippen LogP contribution in [0.25, 0.3) is 11.0 Å². The number of nitrogens with one attached hydrogen (secondary N) is 3. The minimum atomic E-state index is -0.503. The highest BCUT2D eigenvalue weighted by Gasteiger charge is 2.21. The largest absolute Gasteiger partial charge is 0.389 e. The summed E-state index contributed by atoms with van der Waals surface area (Å²) in [5.74, 6) is 0.717. The Hall–Kier alpha value is -1.63. The number of fused-ring (bicyclic) bond motifs is 1. The van der Waals surface area contributed by atoms with Crippen LogP contribution in [-0.4, -0.2) is 40.9 Å². The molecular formula is C16H23N3O3. The van der Waals surface area contributed by atoms with Gasteiger partial charge in [-0.2, -0.15) is 0 Å². The van der Waals surface area contributed by atoms with Crippen LogP contribution in [0.1, 0.15) is 31.4 Å². The van der Waals surface area contributed by atoms with Crippen molar-refractivity contribution in [2.45, 2.75) is 31.9 Å². The second-order valence-electron chi connectivity index (χ2n) is 6.15. The molecule has 4 N–H and O–H groups in total. The molecule has 0 saturated heterocycles. The van der Waals surface area contributed by atoms with Crippen LogP contribution in [-0.2, 0) is 4.74 Å². The average molecular weight is 305 g/mol. The van der Waals surface area contributed by atoms with E-state index in [0.29, 0.717) is 19.1 Å². The van der Waals surface area contributed by atoms with E-state index in [9.17, 15) is 9.90 Å². The van der Waals surface area contributed by atoms with Gasteiger partial charge in [0.15, 0.2) is 0 Å². The average Bonchev–Trinajstić information content (AvgIpc) is 3.23. The molecule has 1 saturated carbocycles. The van der Waals surface area contributed by atoms with Crippen LogP contribution in [0.2, 0.25) is 0 Å². The Morgan fingerprint density at radius 2 is 2.14 bits per heavy atom. The molecule has 2 atom stereocenters. The van der Waals surface area contributed by atoms with Gasteiger partial charge in [0, 0.05) is 19.2 Å². The number of rotatable bonds is 8. The van der Waals surface area contributed by atoms with Crippen LogP contribution in [0.3, 0.4) is 0 Å². The zero-order valence-corrected chi connectivity index (χ0v) is 12.8. The monoisotopic (exact) mass is 305 g/mol. The van der Waals surface area contributed by atoms with Crippen molar-refractivity contribution in [2.75, 3.05) is 19.8 Å². The molecule has 120 valence electrons. The van der Waals surface area contributed by atoms with Gasteiger partial charge in [0.1, 0.15) is 0 Å². The highest BCUT2D eigenvalue weighted by molar-refractivity contribution is 5.75. The van der Waals surface area contributed by atoms with Gasteiger partial charge in [-0.05, 0) is 43.4 Å². The number of hydrogen-bond donors (Lipinski definition) is 4. The summed E-state index contributed by atoms with van der Waals surface area (Å²) in [5, 5.41) is 13.2. The lowest BCUT2D eigenvalue weighted by Gasteiger charge is -2.17. The van der Waals surface area contributed by atoms with Crippen molar-refractivity contribution in [1.29, 1.82) is 0 Å². The quantitative estimate of drug-likeness (QED) is 0.591. The summed E-state index contributed by atoms with van der Waals surface area (Å²) < 4.78 is 5.48. The van der Waals surface area contributed by atoms with E-state index in [1.807, 2.05) is 25.1 Å². The summed E-state index contributed by atoms with van der Waals surface area (Å²) in [7, 11) is 0. The molecule has 6 nitrogen and oxygen atoms in total. The van der Waals surface area contributed by atoms with Crippen molar-refractivity contribution in [2.24, 2.45) is 5.92 Å². The number of aliphatic hydroxyl groups is 1. The second-order valence-corrected chi connectivity index (χ2v) is 6.15. The van der Waals surface area contributed by atoms with Gasteiger partial charge in [0.05, 0.1) is 23.7 Å². The molecule has 0 aliphatic heterocycles. The van der Waals surface area contributed by atoms with E-state index in [-0.39, 0.29) is 11.7 Å². The first-order valence-corrected chi connectivity index (χ1v) is 7.83. The number of imidazole rings is 1. The molecule has 2 aromatic rings. The summed E-state index contributed by atoms with van der Waals surface area (Å²) >= 11 is 0. The molecule has 3 rings (SSSR count). The second kappa shape index (κ2) is 6.64. The predicted molar refractivity (Wildman–Crippen MR) is 84.9 cm³/mol. The minimum Gasteiger partial charge on any atom is -0.389 e. The van der Waals surface area contributed by atoms with E-state index in [2.05, 4.69) is 15.3 Å². The van der Waals surface area contributed by atoms with Gasteiger partial charge in [-0.1, -0.05) is 6.07 Å². The zero-order valence-electron chi connectivity index (χ0n) is 12.8. The number of aromatic amines is 2. The first-order chi connectivity index (χ1) is 10.6. The zero-order chi connectivity index (χ0) is 15.5. The highest BCUT2D eigenvalue weighted by atomic mass is 16.5. The topological polar surface area (TPSA) is 90.1 Å². The molecule has 6 heteroatoms. The van der Waals surface area contributed by atoms with E-state index in [4.69, 9.17) is 4.74 Å². The van der Waals surface area contributed by atoms with Crippen LogP contribution in [0.5, 0.6) is 0 Å². The molecule has 1 aliphatic rings. The third kappa shape index (κ3) is 3.97. The Labute approximate surface area is 128 Å². The Bertz CT molecular complexity index is 675. The molecule has 2 unspecified atom stereocenters. The Morgan fingerprint density at radius 1 is 1.36 bits per heavy atom. The van der Waals surface area contributed by atoms with Crippen LogP contribution in [0.4, 0.5) is 0 Å². The molecule has 0 amide bonds. The standard InChI is InChI=1S/C16H23N3O3/c1-10(17-7-13(20)9-22-8-11-2-3-11)12-4-5-14-15(6-12)19-16(21)18-14/h4-6,10-11,13,17,20H,2-3,7-9H2,1H3,(H2,18,19,21). The van der Waals surface area contributed by atoms with Crippen LogP contribution >= 0.6 is 0 Å². The molecule has 1 fully saturated rings. The van der Waals surface area contributed by atoms with Crippen molar-refractivity contribution in [3.63, 3.8) is 0 Å². The summed E-state index contributed by atoms with van der Waals surface area (Å²) in [6.07, 6.45) is 2.02. The van der Waals surface area contributed by atoms with E-state index >= 15 is 0 Å². The van der Waals surface area contributed by atoms with E-state index < -0.39 is 6.10 Å². The summed E-state index contributed by atoms with van der Waals surface area (Å²) in [6.45, 7) is 3.65. The number of benzene rings is 1. The van der Waals surface area contributed by atoms with Gasteiger partial charge >= 0.3 is 5.69 Å². The molecule has 1 aromatic carbocycles. The smallest absolute Gasteiger partial charge is 0.323 e. The van der Waals surface area contributed by atoms with Crippen molar-refractivity contribution < 1.29 is 9.84 Å². The minimum absolute atomic E-state index is 0.0842. The number of aliphatic hydroxyl groups excluding tert-OH is 1. The summed E-state index contributed by atoms with van der Waals surface area (Å²) in [6, 6.07) is 5.89. The Balaban J connectivity index is 1.48. The van der Waals surface area contributed by atoms with Crippen molar-refractivity contribution >= 4 is 11.0 Å². The van der Waals surface area contributed by atoms with Gasteiger partial charge in [-0.25, -0.2) is 4.79 Å². The maximum absolute atomic E-state index is 11.3. The van der Waals surface area contributed by atoms with E-state index in [1.165, 1.54) is 12.8 Å². The van der Waals surface area contributed by atoms with Crippen LogP contribution in [0, 0.1) is 5.92 Å². The third-order valence-electron chi connectivity index (χ3n) is 4.06. The Kier molecular flexibility index (Phi) is 4.61. The van der Waals surface area contributed by atoms with E-state index in [1.54, 1.807) is 0 Å². The molecule has 0 radical (unpaired) electrons. The lowest BCUT2D eigenvalue weighted by Crippen LogP contribution is -2.32. The fourth-order valence-corrected chi connectivity index (χ4v) is 2.46. The SMILES string of the molecule is CC(NCC(O)COCC1CC1)c1ccc2[nH]c(=O)[nH]c2c1. The molecule has 1 aromatic heterocycles. The number of aromatic nitrogens is 2. The molecule has 0 spiro atoms. The van der Waals surface area contributed by atoms with Crippen LogP contribution < -0.4 is 11.0 Å². The first-order valence-electron chi connectivity index (χ1n) is 7.83. The molecule has 1 aliphatic carbocycles. The first kappa shape index (κ1) is 15.3. The Morgan fingerprint density at radius 3 is 2.91 bits per heavy atom. The maximum Gasteiger partial charge on any atom is 0.323 e. The van der Waals surface area contributed by atoms with Gasteiger partial charge in [0.2, 0.25) is 0 Å². The lowest BCUT2D eigenvalue weighted by molar-refractivity contribution is 0.0315. The maximum atomic E-state index is 11.3. The predicted octanol–water partition coefficient (Wildman–Crippen LogP) is 1.29. The van der Waals surface area contributed by atoms with Gasteiger partial charge < -0.3 is 25.1 Å². The normalized spacial score (nSPS) is 17.7. The van der Waals surface area contributed by atoms with Gasteiger partial charge in [0.25, 0.3) is 0 Å². The summed E-state index contributed by atoms with van der Waals surface area (Å²) in [5.41, 5.74) is 2.46. The lowest BCUT2D eigenvalue weighted by atomic mass is 10.1. The molecule has 0 bridgehead atoms. The number of ether oxygens (including phenoxy) is 1. The van der Waals surface area contributed by atoms with Crippen molar-refractivity contribution in [3.05, 3.63) is 34.2 Å². The van der Waals surface area contributed by atoms with Gasteiger partial charge in [-0.3, -0.25) is 0 Å². The fourth-order valence-electron chi connectivity index (χ4n) is 2.46. The van der Waals surface area contributed by atoms with Crippen molar-refractivity contribution in [1.82, 2.24) is 15.3 Å². The number of hydrogen-bond acceptors (Lipinski definition) is 4. The summed E-state index contributed by atoms with van der Waals surface area (Å²) in [4.78, 5) is 16.7. The fraction of sp³-hybridized carbons (Fsp3) is 0.562. The van der Waals surface area contributed by atoms with Gasteiger partial charge in [-0.15, -0.1) is 0 Å². The third-order valence-corrected chi connectivity index (χ3v) is 4.06. The highest BCUT2D eigenvalue weighted by Crippen LogP contribution is 2.28.